The molecule has 0 aromatic heterocycles. The summed E-state index contributed by atoms with van der Waals surface area (Å²) in [6, 6.07) is 7.31. The number of nitrogens with two attached hydrogens (primary N) is 1. The van der Waals surface area contributed by atoms with Gasteiger partial charge in [0.2, 0.25) is 0 Å². The van der Waals surface area contributed by atoms with Crippen LogP contribution in [0.4, 0.5) is 13.6 Å². The topological polar surface area (TPSA) is 95.7 Å². The molecule has 160 valence electrons. The molecule has 2 aromatic rings. The molecule has 0 unspecified atom stereocenters. The molecular formula is C20H18ClF2NO5S. The fraction of sp³-hybridized carbons (Fsp3) is 0.350. The number of benzene rings is 2. The van der Waals surface area contributed by atoms with E-state index < -0.39 is 50.1 Å². The first-order valence-corrected chi connectivity index (χ1v) is 11.1. The number of sulfone groups is 1. The summed E-state index contributed by atoms with van der Waals surface area (Å²) >= 11 is 5.89. The summed E-state index contributed by atoms with van der Waals surface area (Å²) in [5, 5.41) is 0.339. The summed E-state index contributed by atoms with van der Waals surface area (Å²) < 4.78 is 66.0. The molecule has 1 aliphatic carbocycles. The van der Waals surface area contributed by atoms with Gasteiger partial charge in [0.15, 0.2) is 21.4 Å². The lowest BCUT2D eigenvalue weighted by Gasteiger charge is -2.48. The molecule has 3 atom stereocenters. The fourth-order valence-corrected chi connectivity index (χ4v) is 7.06. The Hall–Kier alpha value is -2.39. The van der Waals surface area contributed by atoms with Crippen LogP contribution >= 0.6 is 11.6 Å². The van der Waals surface area contributed by atoms with Crippen LogP contribution in [0.1, 0.15) is 24.8 Å². The molecule has 4 rings (SSSR count). The molecule has 30 heavy (non-hydrogen) atoms. The highest BCUT2D eigenvalue weighted by Crippen LogP contribution is 2.56. The van der Waals surface area contributed by atoms with Crippen LogP contribution in [0, 0.1) is 17.6 Å². The Bertz CT molecular complexity index is 1110. The number of fused-ring (bicyclic) bond motifs is 3. The monoisotopic (exact) mass is 457 g/mol. The number of primary amides is 1. The summed E-state index contributed by atoms with van der Waals surface area (Å²) in [6.07, 6.45) is -1.55. The molecule has 1 aliphatic heterocycles. The van der Waals surface area contributed by atoms with Crippen molar-refractivity contribution < 1.29 is 31.5 Å². The van der Waals surface area contributed by atoms with Crippen molar-refractivity contribution in [2.75, 3.05) is 6.61 Å². The third kappa shape index (κ3) is 3.11. The number of carbonyl (C=O) groups excluding carboxylic acids is 1. The van der Waals surface area contributed by atoms with Crippen LogP contribution < -0.4 is 10.5 Å². The van der Waals surface area contributed by atoms with E-state index in [-0.39, 0.29) is 36.3 Å². The molecule has 1 saturated carbocycles. The standard InChI is InChI=1S/C20H18ClF2NO5S/c21-12-1-3-14(4-2-12)30(26,27)20-8-7-13(29-19(24)25)9-11(20)10-28-18-16(23)6-5-15(22)17(18)20/h1-6,11,13H,7-10H2,(H2,24,25)/t11-,13-,20+/m1/s1. The minimum absolute atomic E-state index is 0.0670. The first kappa shape index (κ1) is 20.9. The zero-order valence-corrected chi connectivity index (χ0v) is 17.2. The molecule has 1 fully saturated rings. The van der Waals surface area contributed by atoms with E-state index in [4.69, 9.17) is 26.8 Å². The summed E-state index contributed by atoms with van der Waals surface area (Å²) in [5.74, 6) is -2.91. The molecule has 10 heteroatoms. The van der Waals surface area contributed by atoms with E-state index in [1.807, 2.05) is 0 Å². The first-order valence-electron chi connectivity index (χ1n) is 9.24. The normalized spacial score (nSPS) is 25.6. The SMILES string of the molecule is NC(=O)O[C@@H]1CC[C@@]2(S(=O)(=O)c3ccc(Cl)cc3)c3c(F)ccc(F)c3OC[C@H]2C1. The number of amides is 1. The second-order valence-corrected chi connectivity index (χ2v) is 10.1. The second-order valence-electron chi connectivity index (χ2n) is 7.42. The van der Waals surface area contributed by atoms with Crippen molar-refractivity contribution in [1.82, 2.24) is 0 Å². The Morgan fingerprint density at radius 1 is 1.17 bits per heavy atom. The average Bonchev–Trinajstić information content (AvgIpc) is 2.70. The van der Waals surface area contributed by atoms with Crippen LogP contribution in [0.25, 0.3) is 0 Å². The number of hydrogen-bond acceptors (Lipinski definition) is 5. The number of rotatable bonds is 3. The van der Waals surface area contributed by atoms with Gasteiger partial charge in [-0.3, -0.25) is 0 Å². The van der Waals surface area contributed by atoms with Gasteiger partial charge >= 0.3 is 6.09 Å². The Morgan fingerprint density at radius 2 is 1.83 bits per heavy atom. The van der Waals surface area contributed by atoms with Gasteiger partial charge < -0.3 is 15.2 Å². The van der Waals surface area contributed by atoms with Gasteiger partial charge in [0.05, 0.1) is 17.1 Å². The predicted octanol–water partition coefficient (Wildman–Crippen LogP) is 3.94. The van der Waals surface area contributed by atoms with Crippen LogP contribution in [-0.2, 0) is 19.3 Å². The maximum Gasteiger partial charge on any atom is 0.404 e. The Kier molecular flexibility index (Phi) is 5.14. The molecule has 1 amide bonds. The first-order chi connectivity index (χ1) is 14.2. The second kappa shape index (κ2) is 7.39. The van der Waals surface area contributed by atoms with Gasteiger partial charge in [-0.05, 0) is 55.7 Å². The van der Waals surface area contributed by atoms with Crippen molar-refractivity contribution in [2.24, 2.45) is 11.7 Å². The van der Waals surface area contributed by atoms with E-state index in [1.54, 1.807) is 0 Å². The van der Waals surface area contributed by atoms with Crippen LogP contribution in [0.2, 0.25) is 5.02 Å². The number of hydrogen-bond donors (Lipinski definition) is 1. The highest BCUT2D eigenvalue weighted by atomic mass is 35.5. The number of ether oxygens (including phenoxy) is 2. The molecule has 0 spiro atoms. The zero-order chi connectivity index (χ0) is 21.7. The van der Waals surface area contributed by atoms with Crippen LogP contribution in [0.5, 0.6) is 5.75 Å². The highest BCUT2D eigenvalue weighted by molar-refractivity contribution is 7.92. The third-order valence-electron chi connectivity index (χ3n) is 5.84. The molecule has 2 aliphatic rings. The Morgan fingerprint density at radius 3 is 2.50 bits per heavy atom. The maximum atomic E-state index is 15.0. The molecule has 6 nitrogen and oxygen atoms in total. The summed E-state index contributed by atoms with van der Waals surface area (Å²) in [7, 11) is -4.22. The van der Waals surface area contributed by atoms with E-state index in [1.165, 1.54) is 24.3 Å². The minimum Gasteiger partial charge on any atom is -0.490 e. The number of carbonyl (C=O) groups is 1. The van der Waals surface area contributed by atoms with E-state index in [9.17, 15) is 17.6 Å². The van der Waals surface area contributed by atoms with Gasteiger partial charge in [0.25, 0.3) is 0 Å². The van der Waals surface area contributed by atoms with Gasteiger partial charge in [0, 0.05) is 10.9 Å². The molecular weight excluding hydrogens is 440 g/mol. The van der Waals surface area contributed by atoms with Crippen molar-refractivity contribution in [1.29, 1.82) is 0 Å². The van der Waals surface area contributed by atoms with Gasteiger partial charge in [-0.25, -0.2) is 22.0 Å². The van der Waals surface area contributed by atoms with E-state index in [0.29, 0.717) is 5.02 Å². The van der Waals surface area contributed by atoms with Gasteiger partial charge in [-0.2, -0.15) is 0 Å². The predicted molar refractivity (Wildman–Crippen MR) is 104 cm³/mol. The lowest BCUT2D eigenvalue weighted by molar-refractivity contribution is 0.0256. The van der Waals surface area contributed by atoms with E-state index in [0.717, 1.165) is 12.1 Å². The highest BCUT2D eigenvalue weighted by Gasteiger charge is 2.60. The Labute approximate surface area is 176 Å². The lowest BCUT2D eigenvalue weighted by atomic mass is 9.72. The molecule has 1 heterocycles. The number of halogens is 3. The van der Waals surface area contributed by atoms with Crippen molar-refractivity contribution in [2.45, 2.75) is 35.0 Å². The summed E-state index contributed by atoms with van der Waals surface area (Å²) in [6.45, 7) is -0.182. The third-order valence-corrected chi connectivity index (χ3v) is 8.69. The largest absolute Gasteiger partial charge is 0.490 e. The van der Waals surface area contributed by atoms with Crippen molar-refractivity contribution in [3.05, 3.63) is 58.6 Å². The quantitative estimate of drug-likeness (QED) is 0.753. The molecule has 2 N–H and O–H groups in total. The zero-order valence-electron chi connectivity index (χ0n) is 15.6. The molecule has 2 aromatic carbocycles. The smallest absolute Gasteiger partial charge is 0.404 e. The summed E-state index contributed by atoms with van der Waals surface area (Å²) in [4.78, 5) is 11.1. The van der Waals surface area contributed by atoms with Gasteiger partial charge in [-0.15, -0.1) is 0 Å². The summed E-state index contributed by atoms with van der Waals surface area (Å²) in [5.41, 5.74) is 4.78. The van der Waals surface area contributed by atoms with Crippen molar-refractivity contribution in [3.63, 3.8) is 0 Å². The minimum atomic E-state index is -4.22. The van der Waals surface area contributed by atoms with Crippen LogP contribution in [0.3, 0.4) is 0 Å². The van der Waals surface area contributed by atoms with E-state index >= 15 is 4.39 Å². The Balaban J connectivity index is 1.93. The van der Waals surface area contributed by atoms with Gasteiger partial charge in [-0.1, -0.05) is 11.6 Å². The molecule has 0 bridgehead atoms. The maximum absolute atomic E-state index is 15.0. The van der Waals surface area contributed by atoms with Crippen molar-refractivity contribution >= 4 is 27.5 Å². The molecule has 0 radical (unpaired) electrons. The fourth-order valence-electron chi connectivity index (χ4n) is 4.57. The van der Waals surface area contributed by atoms with Crippen LogP contribution in [-0.4, -0.2) is 27.2 Å². The lowest BCUT2D eigenvalue weighted by Crippen LogP contribution is -2.53. The average molecular weight is 458 g/mol. The van der Waals surface area contributed by atoms with Crippen LogP contribution in [0.15, 0.2) is 41.3 Å². The molecule has 0 saturated heterocycles. The van der Waals surface area contributed by atoms with Crippen molar-refractivity contribution in [3.8, 4) is 5.75 Å². The van der Waals surface area contributed by atoms with E-state index in [2.05, 4.69) is 0 Å². The van der Waals surface area contributed by atoms with Gasteiger partial charge in [0.1, 0.15) is 16.7 Å².